The molecular weight excluding hydrogens is 396 g/mol. The number of thioether (sulfide) groups is 1. The molecule has 0 atom stereocenters. The van der Waals surface area contributed by atoms with Crippen molar-refractivity contribution in [2.45, 2.75) is 4.90 Å². The minimum atomic E-state index is 0.00484. The van der Waals surface area contributed by atoms with Crippen LogP contribution in [0, 0.1) is 0 Å². The maximum absolute atomic E-state index is 12.4. The molecule has 0 amide bonds. The maximum Gasteiger partial charge on any atom is 0.175 e. The number of nitrogens with one attached hydrogen (secondary N) is 2. The number of carbonyl (C=O) groups is 1. The van der Waals surface area contributed by atoms with Gasteiger partial charge in [-0.15, -0.1) is 11.8 Å². The third-order valence-electron chi connectivity index (χ3n) is 3.67. The molecule has 0 aromatic heterocycles. The summed E-state index contributed by atoms with van der Waals surface area (Å²) >= 11 is 12.9. The predicted octanol–water partition coefficient (Wildman–Crippen LogP) is 6.12. The van der Waals surface area contributed by atoms with Crippen LogP contribution in [0.4, 0.5) is 11.4 Å². The fourth-order valence-electron chi connectivity index (χ4n) is 2.39. The van der Waals surface area contributed by atoms with Crippen LogP contribution in [0.15, 0.2) is 83.8 Å². The van der Waals surface area contributed by atoms with Crippen LogP contribution in [0.1, 0.15) is 10.4 Å². The zero-order chi connectivity index (χ0) is 19.1. The highest BCUT2D eigenvalue weighted by Gasteiger charge is 2.10. The van der Waals surface area contributed by atoms with Crippen molar-refractivity contribution in [3.8, 4) is 0 Å². The molecule has 27 heavy (non-hydrogen) atoms. The molecule has 0 radical (unpaired) electrons. The Kier molecular flexibility index (Phi) is 6.87. The van der Waals surface area contributed by atoms with Gasteiger partial charge in [-0.3, -0.25) is 4.79 Å². The average Bonchev–Trinajstić information content (AvgIpc) is 2.67. The van der Waals surface area contributed by atoms with Crippen molar-refractivity contribution in [2.75, 3.05) is 16.4 Å². The molecular formula is C21H17ClN2OS2. The lowest BCUT2D eigenvalue weighted by Gasteiger charge is -2.11. The minimum Gasteiger partial charge on any atom is -0.332 e. The van der Waals surface area contributed by atoms with Gasteiger partial charge in [-0.1, -0.05) is 48.0 Å². The SMILES string of the molecule is O=C(CSc1cccc(NC(=S)Nc2ccccc2)c1)c1ccccc1Cl. The summed E-state index contributed by atoms with van der Waals surface area (Å²) in [5, 5.41) is 7.28. The van der Waals surface area contributed by atoms with Gasteiger partial charge in [-0.25, -0.2) is 0 Å². The van der Waals surface area contributed by atoms with Gasteiger partial charge in [0.25, 0.3) is 0 Å². The van der Waals surface area contributed by atoms with Gasteiger partial charge in [-0.05, 0) is 54.7 Å². The van der Waals surface area contributed by atoms with Crippen molar-refractivity contribution >= 4 is 57.9 Å². The van der Waals surface area contributed by atoms with E-state index in [0.29, 0.717) is 21.5 Å². The Morgan fingerprint density at radius 1 is 0.889 bits per heavy atom. The topological polar surface area (TPSA) is 41.1 Å². The van der Waals surface area contributed by atoms with E-state index in [1.807, 2.05) is 66.7 Å². The Hall–Kier alpha value is -2.34. The van der Waals surface area contributed by atoms with Gasteiger partial charge in [0.15, 0.2) is 10.9 Å². The molecule has 0 spiro atoms. The number of halogens is 1. The highest BCUT2D eigenvalue weighted by atomic mass is 35.5. The fraction of sp³-hybridized carbons (Fsp3) is 0.0476. The third-order valence-corrected chi connectivity index (χ3v) is 5.20. The van der Waals surface area contributed by atoms with Gasteiger partial charge in [0.05, 0.1) is 10.8 Å². The third kappa shape index (κ3) is 5.82. The second-order valence-corrected chi connectivity index (χ2v) is 7.53. The summed E-state index contributed by atoms with van der Waals surface area (Å²) in [6.07, 6.45) is 0. The number of thiocarbonyl (C=S) groups is 1. The van der Waals surface area contributed by atoms with Crippen LogP contribution in [0.3, 0.4) is 0 Å². The molecule has 3 aromatic rings. The molecule has 0 saturated carbocycles. The van der Waals surface area contributed by atoms with Crippen LogP contribution >= 0.6 is 35.6 Å². The summed E-state index contributed by atoms with van der Waals surface area (Å²) in [7, 11) is 0. The summed E-state index contributed by atoms with van der Waals surface area (Å²) in [6.45, 7) is 0. The molecule has 0 aliphatic heterocycles. The van der Waals surface area contributed by atoms with Gasteiger partial charge in [0.2, 0.25) is 0 Å². The van der Waals surface area contributed by atoms with E-state index in [4.69, 9.17) is 23.8 Å². The summed E-state index contributed by atoms with van der Waals surface area (Å²) in [5.74, 6) is 0.324. The Morgan fingerprint density at radius 2 is 1.56 bits per heavy atom. The van der Waals surface area contributed by atoms with Crippen molar-refractivity contribution < 1.29 is 4.79 Å². The van der Waals surface area contributed by atoms with Crippen LogP contribution in [-0.4, -0.2) is 16.6 Å². The van der Waals surface area contributed by atoms with Crippen molar-refractivity contribution in [1.82, 2.24) is 0 Å². The van der Waals surface area contributed by atoms with Crippen LogP contribution in [-0.2, 0) is 0 Å². The van der Waals surface area contributed by atoms with Gasteiger partial charge in [0.1, 0.15) is 0 Å². The minimum absolute atomic E-state index is 0.00484. The van der Waals surface area contributed by atoms with Crippen molar-refractivity contribution in [2.24, 2.45) is 0 Å². The molecule has 0 bridgehead atoms. The molecule has 136 valence electrons. The number of rotatable bonds is 6. The van der Waals surface area contributed by atoms with E-state index >= 15 is 0 Å². The number of anilines is 2. The highest BCUT2D eigenvalue weighted by Crippen LogP contribution is 2.24. The van der Waals surface area contributed by atoms with Crippen LogP contribution < -0.4 is 10.6 Å². The standard InChI is InChI=1S/C21H17ClN2OS2/c22-19-12-5-4-11-18(19)20(25)14-27-17-10-6-9-16(13-17)24-21(26)23-15-7-2-1-3-8-15/h1-13H,14H2,(H2,23,24,26). The second kappa shape index (κ2) is 9.55. The van der Waals surface area contributed by atoms with Crippen LogP contribution in [0.5, 0.6) is 0 Å². The Balaban J connectivity index is 1.58. The zero-order valence-electron chi connectivity index (χ0n) is 14.3. The first-order valence-electron chi connectivity index (χ1n) is 8.25. The predicted molar refractivity (Wildman–Crippen MR) is 119 cm³/mol. The summed E-state index contributed by atoms with van der Waals surface area (Å²) in [4.78, 5) is 13.3. The lowest BCUT2D eigenvalue weighted by Crippen LogP contribution is -2.18. The van der Waals surface area contributed by atoms with Crippen molar-refractivity contribution in [3.05, 3.63) is 89.4 Å². The molecule has 0 heterocycles. The first kappa shape index (κ1) is 19.4. The van der Waals surface area contributed by atoms with Crippen molar-refractivity contribution in [3.63, 3.8) is 0 Å². The van der Waals surface area contributed by atoms with Gasteiger partial charge in [0, 0.05) is 21.8 Å². The molecule has 6 heteroatoms. The number of Topliss-reactive ketones (excluding diaryl/α,β-unsaturated/α-hetero) is 1. The normalized spacial score (nSPS) is 10.3. The lowest BCUT2D eigenvalue weighted by molar-refractivity contribution is 0.102. The largest absolute Gasteiger partial charge is 0.332 e. The molecule has 2 N–H and O–H groups in total. The van der Waals surface area contributed by atoms with E-state index in [2.05, 4.69) is 10.6 Å². The second-order valence-electron chi connectivity index (χ2n) is 5.66. The molecule has 0 aliphatic carbocycles. The number of hydrogen-bond donors (Lipinski definition) is 2. The summed E-state index contributed by atoms with van der Waals surface area (Å²) in [6, 6.07) is 24.6. The van der Waals surface area contributed by atoms with Gasteiger partial charge in [-0.2, -0.15) is 0 Å². The number of para-hydroxylation sites is 1. The van der Waals surface area contributed by atoms with E-state index in [0.717, 1.165) is 16.3 Å². The number of ketones is 1. The van der Waals surface area contributed by atoms with E-state index < -0.39 is 0 Å². The van der Waals surface area contributed by atoms with E-state index in [1.165, 1.54) is 11.8 Å². The van der Waals surface area contributed by atoms with E-state index in [1.54, 1.807) is 12.1 Å². The molecule has 3 aromatic carbocycles. The van der Waals surface area contributed by atoms with Gasteiger partial charge < -0.3 is 10.6 Å². The molecule has 0 aliphatic rings. The van der Waals surface area contributed by atoms with Gasteiger partial charge >= 0.3 is 0 Å². The van der Waals surface area contributed by atoms with E-state index in [-0.39, 0.29) is 5.78 Å². The first-order valence-corrected chi connectivity index (χ1v) is 10.0. The zero-order valence-corrected chi connectivity index (χ0v) is 16.7. The lowest BCUT2D eigenvalue weighted by atomic mass is 10.1. The smallest absolute Gasteiger partial charge is 0.175 e. The molecule has 0 unspecified atom stereocenters. The van der Waals surface area contributed by atoms with E-state index in [9.17, 15) is 4.79 Å². The Morgan fingerprint density at radius 3 is 2.33 bits per heavy atom. The number of carbonyl (C=O) groups excluding carboxylic acids is 1. The number of benzene rings is 3. The van der Waals surface area contributed by atoms with Crippen LogP contribution in [0.25, 0.3) is 0 Å². The van der Waals surface area contributed by atoms with Crippen LogP contribution in [0.2, 0.25) is 5.02 Å². The summed E-state index contributed by atoms with van der Waals surface area (Å²) < 4.78 is 0. The average molecular weight is 413 g/mol. The molecule has 3 rings (SSSR count). The Labute approximate surface area is 173 Å². The number of hydrogen-bond acceptors (Lipinski definition) is 3. The highest BCUT2D eigenvalue weighted by molar-refractivity contribution is 8.00. The monoisotopic (exact) mass is 412 g/mol. The molecule has 3 nitrogen and oxygen atoms in total. The Bertz CT molecular complexity index is 948. The molecule has 0 saturated heterocycles. The summed E-state index contributed by atoms with van der Waals surface area (Å²) in [5.41, 5.74) is 2.33. The van der Waals surface area contributed by atoms with Crippen molar-refractivity contribution in [1.29, 1.82) is 0 Å². The first-order chi connectivity index (χ1) is 13.1. The molecule has 0 fully saturated rings. The fourth-order valence-corrected chi connectivity index (χ4v) is 3.71. The maximum atomic E-state index is 12.4. The quantitative estimate of drug-likeness (QED) is 0.290.